The zero-order valence-electron chi connectivity index (χ0n) is 9.50. The Morgan fingerprint density at radius 1 is 1.28 bits per heavy atom. The SMILES string of the molecule is Nc1nc(NC2CCOCC2)cc(C(F)(F)F)n1. The first kappa shape index (κ1) is 12.9. The molecule has 0 atom stereocenters. The van der Waals surface area contributed by atoms with Gasteiger partial charge < -0.3 is 15.8 Å². The van der Waals surface area contributed by atoms with Crippen LogP contribution in [-0.2, 0) is 10.9 Å². The van der Waals surface area contributed by atoms with Crippen molar-refractivity contribution >= 4 is 11.8 Å². The van der Waals surface area contributed by atoms with Gasteiger partial charge in [-0.1, -0.05) is 0 Å². The van der Waals surface area contributed by atoms with Crippen molar-refractivity contribution in [2.75, 3.05) is 24.3 Å². The van der Waals surface area contributed by atoms with Gasteiger partial charge in [-0.15, -0.1) is 0 Å². The molecule has 100 valence electrons. The molecule has 0 amide bonds. The molecule has 1 fully saturated rings. The molecule has 5 nitrogen and oxygen atoms in total. The number of halogens is 3. The van der Waals surface area contributed by atoms with Crippen molar-refractivity contribution in [1.29, 1.82) is 0 Å². The predicted octanol–water partition coefficient (Wildman–Crippen LogP) is 1.67. The molecule has 18 heavy (non-hydrogen) atoms. The number of nitrogens with one attached hydrogen (secondary N) is 1. The summed E-state index contributed by atoms with van der Waals surface area (Å²) in [4.78, 5) is 6.93. The molecule has 3 N–H and O–H groups in total. The van der Waals surface area contributed by atoms with E-state index in [1.807, 2.05) is 0 Å². The van der Waals surface area contributed by atoms with E-state index in [0.29, 0.717) is 13.2 Å². The second-order valence-electron chi connectivity index (χ2n) is 4.03. The van der Waals surface area contributed by atoms with Gasteiger partial charge in [-0.3, -0.25) is 0 Å². The number of nitrogens with zero attached hydrogens (tertiary/aromatic N) is 2. The highest BCUT2D eigenvalue weighted by molar-refractivity contribution is 5.42. The molecular weight excluding hydrogens is 249 g/mol. The Morgan fingerprint density at radius 2 is 1.94 bits per heavy atom. The minimum atomic E-state index is -4.52. The van der Waals surface area contributed by atoms with Crippen molar-refractivity contribution in [3.05, 3.63) is 11.8 Å². The first-order valence-electron chi connectivity index (χ1n) is 5.51. The number of aromatic nitrogens is 2. The molecule has 1 saturated heterocycles. The lowest BCUT2D eigenvalue weighted by molar-refractivity contribution is -0.141. The topological polar surface area (TPSA) is 73.1 Å². The number of hydrogen-bond donors (Lipinski definition) is 2. The highest BCUT2D eigenvalue weighted by Crippen LogP contribution is 2.29. The fourth-order valence-electron chi connectivity index (χ4n) is 1.74. The third-order valence-corrected chi connectivity index (χ3v) is 2.61. The zero-order chi connectivity index (χ0) is 13.2. The highest BCUT2D eigenvalue weighted by Gasteiger charge is 2.33. The summed E-state index contributed by atoms with van der Waals surface area (Å²) in [5.41, 5.74) is 4.24. The zero-order valence-corrected chi connectivity index (χ0v) is 9.50. The number of alkyl halides is 3. The molecule has 0 saturated carbocycles. The Labute approximate surface area is 102 Å². The van der Waals surface area contributed by atoms with E-state index in [-0.39, 0.29) is 17.8 Å². The van der Waals surface area contributed by atoms with Gasteiger partial charge in [0.05, 0.1) is 0 Å². The smallest absolute Gasteiger partial charge is 0.381 e. The molecule has 0 aliphatic carbocycles. The van der Waals surface area contributed by atoms with E-state index in [9.17, 15) is 13.2 Å². The Morgan fingerprint density at radius 3 is 2.56 bits per heavy atom. The first-order valence-corrected chi connectivity index (χ1v) is 5.51. The molecule has 0 unspecified atom stereocenters. The van der Waals surface area contributed by atoms with Crippen molar-refractivity contribution in [3.8, 4) is 0 Å². The average Bonchev–Trinajstić information content (AvgIpc) is 2.28. The van der Waals surface area contributed by atoms with Crippen LogP contribution in [0.15, 0.2) is 6.07 Å². The van der Waals surface area contributed by atoms with Crippen LogP contribution in [0.4, 0.5) is 24.9 Å². The maximum atomic E-state index is 12.5. The number of nitrogen functional groups attached to an aromatic ring is 1. The summed E-state index contributed by atoms with van der Waals surface area (Å²) in [5, 5.41) is 2.92. The van der Waals surface area contributed by atoms with Gasteiger partial charge in [0, 0.05) is 25.3 Å². The molecule has 0 aromatic carbocycles. The van der Waals surface area contributed by atoms with Gasteiger partial charge in [-0.05, 0) is 12.8 Å². The summed E-state index contributed by atoms with van der Waals surface area (Å²) in [7, 11) is 0. The second-order valence-corrected chi connectivity index (χ2v) is 4.03. The van der Waals surface area contributed by atoms with Crippen LogP contribution in [0.5, 0.6) is 0 Å². The van der Waals surface area contributed by atoms with Gasteiger partial charge in [-0.2, -0.15) is 18.2 Å². The van der Waals surface area contributed by atoms with Gasteiger partial charge in [0.2, 0.25) is 5.95 Å². The van der Waals surface area contributed by atoms with Crippen LogP contribution in [0.25, 0.3) is 0 Å². The van der Waals surface area contributed by atoms with Crippen molar-refractivity contribution < 1.29 is 17.9 Å². The molecule has 0 radical (unpaired) electrons. The Bertz CT molecular complexity index is 418. The van der Waals surface area contributed by atoms with E-state index in [0.717, 1.165) is 18.9 Å². The lowest BCUT2D eigenvalue weighted by Gasteiger charge is -2.23. The molecule has 8 heteroatoms. The van der Waals surface area contributed by atoms with Crippen LogP contribution in [0.2, 0.25) is 0 Å². The summed E-state index contributed by atoms with van der Waals surface area (Å²) < 4.78 is 42.8. The molecule has 1 aliphatic heterocycles. The summed E-state index contributed by atoms with van der Waals surface area (Å²) >= 11 is 0. The van der Waals surface area contributed by atoms with Gasteiger partial charge in [0.15, 0.2) is 5.69 Å². The van der Waals surface area contributed by atoms with E-state index < -0.39 is 11.9 Å². The molecule has 2 rings (SSSR count). The van der Waals surface area contributed by atoms with Gasteiger partial charge in [-0.25, -0.2) is 4.98 Å². The standard InChI is InChI=1S/C10H13F3N4O/c11-10(12,13)7-5-8(17-9(14)16-7)15-6-1-3-18-4-2-6/h5-6H,1-4H2,(H3,14,15,16,17). The number of anilines is 2. The predicted molar refractivity (Wildman–Crippen MR) is 58.9 cm³/mol. The van der Waals surface area contributed by atoms with Crippen LogP contribution >= 0.6 is 0 Å². The van der Waals surface area contributed by atoms with Gasteiger partial charge >= 0.3 is 6.18 Å². The van der Waals surface area contributed by atoms with E-state index in [4.69, 9.17) is 10.5 Å². The summed E-state index contributed by atoms with van der Waals surface area (Å²) in [6.07, 6.45) is -3.07. The normalized spacial score (nSPS) is 17.7. The number of nitrogens with two attached hydrogens (primary N) is 1. The van der Waals surface area contributed by atoms with Crippen molar-refractivity contribution in [1.82, 2.24) is 9.97 Å². The number of hydrogen-bond acceptors (Lipinski definition) is 5. The largest absolute Gasteiger partial charge is 0.433 e. The van der Waals surface area contributed by atoms with Crippen LogP contribution in [0, 0.1) is 0 Å². The van der Waals surface area contributed by atoms with Gasteiger partial charge in [0.25, 0.3) is 0 Å². The maximum absolute atomic E-state index is 12.5. The quantitative estimate of drug-likeness (QED) is 0.848. The van der Waals surface area contributed by atoms with Crippen LogP contribution in [0.1, 0.15) is 18.5 Å². The highest BCUT2D eigenvalue weighted by atomic mass is 19.4. The van der Waals surface area contributed by atoms with E-state index >= 15 is 0 Å². The fraction of sp³-hybridized carbons (Fsp3) is 0.600. The second kappa shape index (κ2) is 4.97. The van der Waals surface area contributed by atoms with E-state index in [1.54, 1.807) is 0 Å². The van der Waals surface area contributed by atoms with Crippen LogP contribution < -0.4 is 11.1 Å². The van der Waals surface area contributed by atoms with Crippen molar-refractivity contribution in [2.45, 2.75) is 25.1 Å². The number of ether oxygens (including phenoxy) is 1. The summed E-state index contributed by atoms with van der Waals surface area (Å²) in [6, 6.07) is 0.917. The van der Waals surface area contributed by atoms with Crippen molar-refractivity contribution in [3.63, 3.8) is 0 Å². The molecule has 1 aromatic rings. The number of rotatable bonds is 2. The maximum Gasteiger partial charge on any atom is 0.433 e. The molecule has 2 heterocycles. The Hall–Kier alpha value is -1.57. The lowest BCUT2D eigenvalue weighted by Crippen LogP contribution is -2.28. The minimum absolute atomic E-state index is 0.0501. The van der Waals surface area contributed by atoms with E-state index in [2.05, 4.69) is 15.3 Å². The van der Waals surface area contributed by atoms with Crippen molar-refractivity contribution in [2.24, 2.45) is 0 Å². The Balaban J connectivity index is 2.14. The monoisotopic (exact) mass is 262 g/mol. The molecule has 0 bridgehead atoms. The van der Waals surface area contributed by atoms with E-state index in [1.165, 1.54) is 0 Å². The summed E-state index contributed by atoms with van der Waals surface area (Å²) in [5.74, 6) is -0.291. The third-order valence-electron chi connectivity index (χ3n) is 2.61. The molecular formula is C10H13F3N4O. The first-order chi connectivity index (χ1) is 8.45. The molecule has 1 aromatic heterocycles. The molecule has 0 spiro atoms. The third kappa shape index (κ3) is 3.22. The van der Waals surface area contributed by atoms with Gasteiger partial charge in [0.1, 0.15) is 5.82 Å². The minimum Gasteiger partial charge on any atom is -0.381 e. The average molecular weight is 262 g/mol. The van der Waals surface area contributed by atoms with Crippen LogP contribution in [-0.4, -0.2) is 29.2 Å². The Kier molecular flexibility index (Phi) is 3.55. The molecule has 1 aliphatic rings. The van der Waals surface area contributed by atoms with Crippen LogP contribution in [0.3, 0.4) is 0 Å². The lowest BCUT2D eigenvalue weighted by atomic mass is 10.1. The summed E-state index contributed by atoms with van der Waals surface area (Å²) in [6.45, 7) is 1.18. The fourth-order valence-corrected chi connectivity index (χ4v) is 1.74.